The van der Waals surface area contributed by atoms with Crippen molar-refractivity contribution >= 4 is 5.97 Å². The van der Waals surface area contributed by atoms with E-state index in [2.05, 4.69) is 13.8 Å². The van der Waals surface area contributed by atoms with Gasteiger partial charge in [0.2, 0.25) is 0 Å². The number of aliphatic carboxylic acids is 1. The Kier molecular flexibility index (Phi) is 3.72. The predicted molar refractivity (Wildman–Crippen MR) is 49.5 cm³/mol. The summed E-state index contributed by atoms with van der Waals surface area (Å²) in [5, 5.41) is 9.03. The second-order valence-corrected chi connectivity index (χ2v) is 4.20. The van der Waals surface area contributed by atoms with E-state index in [4.69, 9.17) is 9.84 Å². The van der Waals surface area contributed by atoms with Gasteiger partial charge < -0.3 is 9.84 Å². The van der Waals surface area contributed by atoms with Gasteiger partial charge in [0.25, 0.3) is 0 Å². The van der Waals surface area contributed by atoms with Crippen LogP contribution < -0.4 is 0 Å². The SMILES string of the molecule is CC(C)CC(C(=O)O)C1CCOC1. The Morgan fingerprint density at radius 2 is 2.31 bits per heavy atom. The minimum absolute atomic E-state index is 0.206. The fourth-order valence-corrected chi connectivity index (χ4v) is 1.87. The highest BCUT2D eigenvalue weighted by Gasteiger charge is 2.31. The molecule has 3 heteroatoms. The number of ether oxygens (including phenoxy) is 1. The second kappa shape index (κ2) is 4.61. The quantitative estimate of drug-likeness (QED) is 0.727. The Morgan fingerprint density at radius 1 is 1.62 bits per heavy atom. The van der Waals surface area contributed by atoms with Gasteiger partial charge in [-0.05, 0) is 24.7 Å². The average Bonchev–Trinajstić information content (AvgIpc) is 2.50. The highest BCUT2D eigenvalue weighted by molar-refractivity contribution is 5.70. The third-order valence-electron chi connectivity index (χ3n) is 2.58. The Bertz CT molecular complexity index is 171. The van der Waals surface area contributed by atoms with Crippen LogP contribution in [0.3, 0.4) is 0 Å². The highest BCUT2D eigenvalue weighted by Crippen LogP contribution is 2.27. The summed E-state index contributed by atoms with van der Waals surface area (Å²) in [6, 6.07) is 0. The maximum atomic E-state index is 11.0. The number of carboxylic acid groups (broad SMARTS) is 1. The summed E-state index contributed by atoms with van der Waals surface area (Å²) in [6.07, 6.45) is 1.67. The fraction of sp³-hybridized carbons (Fsp3) is 0.900. The van der Waals surface area contributed by atoms with Crippen molar-refractivity contribution < 1.29 is 14.6 Å². The van der Waals surface area contributed by atoms with Crippen molar-refractivity contribution in [3.8, 4) is 0 Å². The number of carboxylic acids is 1. The van der Waals surface area contributed by atoms with Gasteiger partial charge in [0, 0.05) is 6.61 Å². The largest absolute Gasteiger partial charge is 0.481 e. The number of carbonyl (C=O) groups is 1. The molecule has 0 radical (unpaired) electrons. The van der Waals surface area contributed by atoms with E-state index in [9.17, 15) is 4.79 Å². The normalized spacial score (nSPS) is 25.0. The third-order valence-corrected chi connectivity index (χ3v) is 2.58. The van der Waals surface area contributed by atoms with Gasteiger partial charge in [-0.15, -0.1) is 0 Å². The molecule has 1 saturated heterocycles. The number of hydrogen-bond acceptors (Lipinski definition) is 2. The van der Waals surface area contributed by atoms with Crippen molar-refractivity contribution in [1.82, 2.24) is 0 Å². The molecule has 1 rings (SSSR count). The van der Waals surface area contributed by atoms with Crippen LogP contribution in [0.2, 0.25) is 0 Å². The van der Waals surface area contributed by atoms with E-state index in [1.807, 2.05) is 0 Å². The van der Waals surface area contributed by atoms with E-state index in [1.54, 1.807) is 0 Å². The molecule has 1 fully saturated rings. The molecule has 76 valence electrons. The van der Waals surface area contributed by atoms with Crippen molar-refractivity contribution in [1.29, 1.82) is 0 Å². The summed E-state index contributed by atoms with van der Waals surface area (Å²) in [7, 11) is 0. The first-order chi connectivity index (χ1) is 6.11. The van der Waals surface area contributed by atoms with E-state index in [1.165, 1.54) is 0 Å². The highest BCUT2D eigenvalue weighted by atomic mass is 16.5. The molecule has 1 aliphatic heterocycles. The zero-order chi connectivity index (χ0) is 9.84. The summed E-state index contributed by atoms with van der Waals surface area (Å²) in [5.41, 5.74) is 0. The monoisotopic (exact) mass is 186 g/mol. The zero-order valence-electron chi connectivity index (χ0n) is 8.32. The van der Waals surface area contributed by atoms with Crippen molar-refractivity contribution in [2.75, 3.05) is 13.2 Å². The summed E-state index contributed by atoms with van der Waals surface area (Å²) in [4.78, 5) is 11.0. The molecule has 2 atom stereocenters. The molecular formula is C10H18O3. The molecule has 0 amide bonds. The molecule has 0 aromatic carbocycles. The van der Waals surface area contributed by atoms with Crippen LogP contribution in [0.5, 0.6) is 0 Å². The molecule has 1 aliphatic rings. The van der Waals surface area contributed by atoms with Gasteiger partial charge in [0.15, 0.2) is 0 Å². The standard InChI is InChI=1S/C10H18O3/c1-7(2)5-9(10(11)12)8-3-4-13-6-8/h7-9H,3-6H2,1-2H3,(H,11,12). The van der Waals surface area contributed by atoms with E-state index in [0.29, 0.717) is 12.5 Å². The van der Waals surface area contributed by atoms with Gasteiger partial charge in [-0.1, -0.05) is 13.8 Å². The lowest BCUT2D eigenvalue weighted by Crippen LogP contribution is -2.25. The van der Waals surface area contributed by atoms with Crippen molar-refractivity contribution in [3.63, 3.8) is 0 Å². The van der Waals surface area contributed by atoms with E-state index >= 15 is 0 Å². The third kappa shape index (κ3) is 2.99. The summed E-state index contributed by atoms with van der Waals surface area (Å²) >= 11 is 0. The van der Waals surface area contributed by atoms with Crippen LogP contribution in [0.15, 0.2) is 0 Å². The minimum atomic E-state index is -0.663. The van der Waals surface area contributed by atoms with Crippen LogP contribution in [0, 0.1) is 17.8 Å². The summed E-state index contributed by atoms with van der Waals surface area (Å²) in [5.74, 6) is -0.187. The summed E-state index contributed by atoms with van der Waals surface area (Å²) in [6.45, 7) is 5.48. The van der Waals surface area contributed by atoms with Crippen LogP contribution in [0.4, 0.5) is 0 Å². The molecule has 0 aromatic rings. The number of rotatable bonds is 4. The van der Waals surface area contributed by atoms with E-state index in [0.717, 1.165) is 19.4 Å². The maximum Gasteiger partial charge on any atom is 0.306 e. The Hall–Kier alpha value is -0.570. The molecule has 0 aromatic heterocycles. The predicted octanol–water partition coefficient (Wildman–Crippen LogP) is 1.77. The molecule has 0 spiro atoms. The van der Waals surface area contributed by atoms with Crippen LogP contribution >= 0.6 is 0 Å². The van der Waals surface area contributed by atoms with Crippen molar-refractivity contribution in [2.24, 2.45) is 17.8 Å². The van der Waals surface area contributed by atoms with Gasteiger partial charge in [-0.25, -0.2) is 0 Å². The first kappa shape index (κ1) is 10.5. The minimum Gasteiger partial charge on any atom is -0.481 e. The zero-order valence-corrected chi connectivity index (χ0v) is 8.32. The van der Waals surface area contributed by atoms with Crippen LogP contribution in [-0.4, -0.2) is 24.3 Å². The fourth-order valence-electron chi connectivity index (χ4n) is 1.87. The molecule has 1 N–H and O–H groups in total. The molecule has 2 unspecified atom stereocenters. The molecule has 0 aliphatic carbocycles. The first-order valence-corrected chi connectivity index (χ1v) is 4.91. The van der Waals surface area contributed by atoms with Gasteiger partial charge in [0.05, 0.1) is 12.5 Å². The van der Waals surface area contributed by atoms with Gasteiger partial charge in [-0.2, -0.15) is 0 Å². The lowest BCUT2D eigenvalue weighted by atomic mass is 9.85. The molecule has 13 heavy (non-hydrogen) atoms. The lowest BCUT2D eigenvalue weighted by Gasteiger charge is -2.19. The first-order valence-electron chi connectivity index (χ1n) is 4.91. The average molecular weight is 186 g/mol. The molecular weight excluding hydrogens is 168 g/mol. The molecule has 0 bridgehead atoms. The summed E-state index contributed by atoms with van der Waals surface area (Å²) < 4.78 is 5.21. The molecule has 1 heterocycles. The molecule has 0 saturated carbocycles. The van der Waals surface area contributed by atoms with E-state index < -0.39 is 5.97 Å². The maximum absolute atomic E-state index is 11.0. The van der Waals surface area contributed by atoms with E-state index in [-0.39, 0.29) is 11.8 Å². The van der Waals surface area contributed by atoms with Gasteiger partial charge >= 0.3 is 5.97 Å². The molecule has 3 nitrogen and oxygen atoms in total. The van der Waals surface area contributed by atoms with Crippen molar-refractivity contribution in [3.05, 3.63) is 0 Å². The van der Waals surface area contributed by atoms with Gasteiger partial charge in [0.1, 0.15) is 0 Å². The second-order valence-electron chi connectivity index (χ2n) is 4.20. The smallest absolute Gasteiger partial charge is 0.306 e. The van der Waals surface area contributed by atoms with Gasteiger partial charge in [-0.3, -0.25) is 4.79 Å². The van der Waals surface area contributed by atoms with Crippen molar-refractivity contribution in [2.45, 2.75) is 26.7 Å². The van der Waals surface area contributed by atoms with Crippen LogP contribution in [-0.2, 0) is 9.53 Å². The number of hydrogen-bond donors (Lipinski definition) is 1. The van der Waals surface area contributed by atoms with Crippen LogP contribution in [0.1, 0.15) is 26.7 Å². The Labute approximate surface area is 79.1 Å². The van der Waals surface area contributed by atoms with Crippen LogP contribution in [0.25, 0.3) is 0 Å². The topological polar surface area (TPSA) is 46.5 Å². The Balaban J connectivity index is 2.50. The Morgan fingerprint density at radius 3 is 2.69 bits per heavy atom. The lowest BCUT2D eigenvalue weighted by molar-refractivity contribution is -0.144.